The Kier molecular flexibility index (Phi) is 4.72. The van der Waals surface area contributed by atoms with Crippen LogP contribution in [0.2, 0.25) is 0 Å². The standard InChI is InChI=1S/C13H19NO5S2/c1-13(16)5-3-7-14(8-6-13)21(17,18)10-4-9-20-11(10)12(15)19-2/h4,9,16H,3,5-8H2,1-2H3. The van der Waals surface area contributed by atoms with Crippen LogP contribution in [0.3, 0.4) is 0 Å². The number of carbonyl (C=O) groups excluding carboxylic acids is 1. The van der Waals surface area contributed by atoms with E-state index < -0.39 is 21.6 Å². The first-order valence-corrected chi connectivity index (χ1v) is 8.98. The molecule has 21 heavy (non-hydrogen) atoms. The molecule has 1 fully saturated rings. The molecule has 0 saturated carbocycles. The molecule has 118 valence electrons. The van der Waals surface area contributed by atoms with E-state index in [4.69, 9.17) is 0 Å². The maximum Gasteiger partial charge on any atom is 0.349 e. The van der Waals surface area contributed by atoms with Gasteiger partial charge in [-0.25, -0.2) is 13.2 Å². The molecule has 1 unspecified atom stereocenters. The largest absolute Gasteiger partial charge is 0.465 e. The van der Waals surface area contributed by atoms with E-state index in [1.165, 1.54) is 17.5 Å². The van der Waals surface area contributed by atoms with Crippen molar-refractivity contribution in [2.75, 3.05) is 20.2 Å². The minimum absolute atomic E-state index is 0.0131. The third kappa shape index (κ3) is 3.45. The van der Waals surface area contributed by atoms with Gasteiger partial charge in [0.25, 0.3) is 0 Å². The van der Waals surface area contributed by atoms with Crippen LogP contribution in [0.1, 0.15) is 35.9 Å². The number of hydrogen-bond donors (Lipinski definition) is 1. The lowest BCUT2D eigenvalue weighted by Gasteiger charge is -2.22. The average Bonchev–Trinajstić information content (AvgIpc) is 2.84. The van der Waals surface area contributed by atoms with Crippen molar-refractivity contribution in [2.45, 2.75) is 36.7 Å². The fraction of sp³-hybridized carbons (Fsp3) is 0.615. The molecule has 1 saturated heterocycles. The van der Waals surface area contributed by atoms with E-state index in [-0.39, 0.29) is 16.3 Å². The molecule has 0 amide bonds. The highest BCUT2D eigenvalue weighted by Gasteiger charge is 2.34. The highest BCUT2D eigenvalue weighted by molar-refractivity contribution is 7.89. The van der Waals surface area contributed by atoms with Crippen molar-refractivity contribution in [3.05, 3.63) is 16.3 Å². The molecule has 0 spiro atoms. The minimum Gasteiger partial charge on any atom is -0.465 e. The average molecular weight is 333 g/mol. The van der Waals surface area contributed by atoms with Gasteiger partial charge in [0, 0.05) is 13.1 Å². The molecule has 0 bridgehead atoms. The van der Waals surface area contributed by atoms with Crippen LogP contribution in [0, 0.1) is 0 Å². The van der Waals surface area contributed by atoms with Crippen LogP contribution < -0.4 is 0 Å². The quantitative estimate of drug-likeness (QED) is 0.847. The summed E-state index contributed by atoms with van der Waals surface area (Å²) in [6, 6.07) is 1.43. The van der Waals surface area contributed by atoms with Crippen LogP contribution in [-0.2, 0) is 14.8 Å². The van der Waals surface area contributed by atoms with E-state index in [1.54, 1.807) is 12.3 Å². The lowest BCUT2D eigenvalue weighted by Crippen LogP contribution is -2.34. The van der Waals surface area contributed by atoms with Gasteiger partial charge in [-0.3, -0.25) is 0 Å². The normalized spacial score (nSPS) is 24.5. The second-order valence-corrected chi connectivity index (χ2v) is 8.18. The summed E-state index contributed by atoms with van der Waals surface area (Å²) in [4.78, 5) is 11.7. The Morgan fingerprint density at radius 2 is 2.14 bits per heavy atom. The monoisotopic (exact) mass is 333 g/mol. The van der Waals surface area contributed by atoms with Gasteiger partial charge < -0.3 is 9.84 Å². The van der Waals surface area contributed by atoms with Gasteiger partial charge in [0.05, 0.1) is 12.7 Å². The maximum absolute atomic E-state index is 12.7. The molecular weight excluding hydrogens is 314 g/mol. The fourth-order valence-corrected chi connectivity index (χ4v) is 5.15. The first-order valence-electron chi connectivity index (χ1n) is 6.66. The second-order valence-electron chi connectivity index (χ2n) is 5.36. The smallest absolute Gasteiger partial charge is 0.349 e. The number of nitrogens with zero attached hydrogens (tertiary/aromatic N) is 1. The Morgan fingerprint density at radius 1 is 1.43 bits per heavy atom. The van der Waals surface area contributed by atoms with Crippen LogP contribution in [-0.4, -0.2) is 49.6 Å². The van der Waals surface area contributed by atoms with Gasteiger partial charge in [-0.1, -0.05) is 0 Å². The zero-order valence-electron chi connectivity index (χ0n) is 12.0. The van der Waals surface area contributed by atoms with Crippen LogP contribution >= 0.6 is 11.3 Å². The number of sulfonamides is 1. The van der Waals surface area contributed by atoms with Gasteiger partial charge in [-0.2, -0.15) is 4.31 Å². The lowest BCUT2D eigenvalue weighted by atomic mass is 9.98. The molecule has 1 atom stereocenters. The van der Waals surface area contributed by atoms with Crippen molar-refractivity contribution in [2.24, 2.45) is 0 Å². The van der Waals surface area contributed by atoms with Gasteiger partial charge in [-0.05, 0) is 37.6 Å². The van der Waals surface area contributed by atoms with Crippen molar-refractivity contribution < 1.29 is 23.1 Å². The molecule has 8 heteroatoms. The number of hydrogen-bond acceptors (Lipinski definition) is 6. The summed E-state index contributed by atoms with van der Waals surface area (Å²) >= 11 is 1.05. The van der Waals surface area contributed by atoms with Crippen molar-refractivity contribution in [1.29, 1.82) is 0 Å². The van der Waals surface area contributed by atoms with E-state index in [2.05, 4.69) is 4.74 Å². The Bertz CT molecular complexity index is 620. The maximum atomic E-state index is 12.7. The molecule has 1 aliphatic rings. The van der Waals surface area contributed by atoms with Gasteiger partial charge in [0.2, 0.25) is 10.0 Å². The zero-order valence-corrected chi connectivity index (χ0v) is 13.7. The van der Waals surface area contributed by atoms with Gasteiger partial charge in [-0.15, -0.1) is 11.3 Å². The van der Waals surface area contributed by atoms with E-state index in [0.717, 1.165) is 11.3 Å². The number of carbonyl (C=O) groups is 1. The van der Waals surface area contributed by atoms with Gasteiger partial charge in [0.15, 0.2) is 0 Å². The Morgan fingerprint density at radius 3 is 2.81 bits per heavy atom. The van der Waals surface area contributed by atoms with Crippen molar-refractivity contribution >= 4 is 27.3 Å². The number of ether oxygens (including phenoxy) is 1. The number of rotatable bonds is 3. The number of thiophene rings is 1. The summed E-state index contributed by atoms with van der Waals surface area (Å²) in [5.74, 6) is -0.648. The van der Waals surface area contributed by atoms with E-state index >= 15 is 0 Å². The Balaban J connectivity index is 2.30. The summed E-state index contributed by atoms with van der Waals surface area (Å²) in [5, 5.41) is 11.6. The molecule has 0 aliphatic carbocycles. The molecule has 2 rings (SSSR count). The molecule has 1 N–H and O–H groups in total. The first-order chi connectivity index (χ1) is 9.78. The lowest BCUT2D eigenvalue weighted by molar-refractivity contribution is 0.0464. The van der Waals surface area contributed by atoms with Gasteiger partial charge >= 0.3 is 5.97 Å². The minimum atomic E-state index is -3.75. The summed E-state index contributed by atoms with van der Waals surface area (Å²) < 4.78 is 31.4. The SMILES string of the molecule is COC(=O)c1sccc1S(=O)(=O)N1CCCC(C)(O)CC1. The highest BCUT2D eigenvalue weighted by atomic mass is 32.2. The predicted molar refractivity (Wildman–Crippen MR) is 78.9 cm³/mol. The fourth-order valence-electron chi connectivity index (χ4n) is 2.36. The van der Waals surface area contributed by atoms with Crippen molar-refractivity contribution in [3.8, 4) is 0 Å². The number of aliphatic hydroxyl groups is 1. The Hall–Kier alpha value is -0.960. The Labute approximate surface area is 128 Å². The van der Waals surface area contributed by atoms with E-state index in [0.29, 0.717) is 25.8 Å². The molecular formula is C13H19NO5S2. The highest BCUT2D eigenvalue weighted by Crippen LogP contribution is 2.29. The topological polar surface area (TPSA) is 83.9 Å². The molecule has 1 aliphatic heterocycles. The van der Waals surface area contributed by atoms with Crippen molar-refractivity contribution in [3.63, 3.8) is 0 Å². The molecule has 6 nitrogen and oxygen atoms in total. The van der Waals surface area contributed by atoms with Crippen LogP contribution in [0.25, 0.3) is 0 Å². The third-order valence-corrected chi connectivity index (χ3v) is 6.61. The molecule has 2 heterocycles. The van der Waals surface area contributed by atoms with E-state index in [9.17, 15) is 18.3 Å². The molecule has 0 aromatic carbocycles. The summed E-state index contributed by atoms with van der Waals surface area (Å²) in [5.41, 5.74) is -0.843. The van der Waals surface area contributed by atoms with Crippen LogP contribution in [0.15, 0.2) is 16.3 Å². The van der Waals surface area contributed by atoms with E-state index in [1.807, 2.05) is 0 Å². The van der Waals surface area contributed by atoms with Crippen LogP contribution in [0.5, 0.6) is 0 Å². The van der Waals surface area contributed by atoms with Crippen LogP contribution in [0.4, 0.5) is 0 Å². The molecule has 0 radical (unpaired) electrons. The molecule has 1 aromatic heterocycles. The zero-order chi connectivity index (χ0) is 15.7. The summed E-state index contributed by atoms with van der Waals surface area (Å²) in [7, 11) is -2.52. The van der Waals surface area contributed by atoms with Crippen molar-refractivity contribution in [1.82, 2.24) is 4.31 Å². The molecule has 1 aromatic rings. The van der Waals surface area contributed by atoms with Gasteiger partial charge in [0.1, 0.15) is 9.77 Å². The number of methoxy groups -OCH3 is 1. The third-order valence-electron chi connectivity index (χ3n) is 3.64. The summed E-state index contributed by atoms with van der Waals surface area (Å²) in [6.07, 6.45) is 1.53. The first kappa shape index (κ1) is 16.4. The predicted octanol–water partition coefficient (Wildman–Crippen LogP) is 1.46. The number of esters is 1. The second kappa shape index (κ2) is 6.04. The summed E-state index contributed by atoms with van der Waals surface area (Å²) in [6.45, 7) is 2.30.